The fourth-order valence-corrected chi connectivity index (χ4v) is 2.14. The lowest BCUT2D eigenvalue weighted by Crippen LogP contribution is -2.22. The molecule has 2 aromatic rings. The Morgan fingerprint density at radius 3 is 2.44 bits per heavy atom. The minimum Gasteiger partial charge on any atom is -0.497 e. The lowest BCUT2D eigenvalue weighted by atomic mass is 10.2. The number of halogens is 1. The normalized spacial score (nSPS) is 10.8. The highest BCUT2D eigenvalue weighted by atomic mass is 127. The van der Waals surface area contributed by atoms with Gasteiger partial charge in [-0.3, -0.25) is 4.99 Å². The predicted octanol–water partition coefficient (Wildman–Crippen LogP) is 4.04. The molecule has 3 N–H and O–H groups in total. The van der Waals surface area contributed by atoms with E-state index in [0.717, 1.165) is 30.9 Å². The molecule has 0 atom stereocenters. The van der Waals surface area contributed by atoms with Gasteiger partial charge in [0.1, 0.15) is 5.75 Å². The first-order valence-electron chi connectivity index (χ1n) is 8.10. The number of ether oxygens (including phenoxy) is 2. The highest BCUT2D eigenvalue weighted by Crippen LogP contribution is 2.14. The van der Waals surface area contributed by atoms with Crippen LogP contribution < -0.4 is 15.8 Å². The van der Waals surface area contributed by atoms with Crippen molar-refractivity contribution in [3.8, 4) is 5.75 Å². The van der Waals surface area contributed by atoms with E-state index in [0.29, 0.717) is 19.1 Å². The maximum absolute atomic E-state index is 5.87. The molecule has 2 aromatic carbocycles. The summed E-state index contributed by atoms with van der Waals surface area (Å²) in [5, 5.41) is 3.06. The Balaban J connectivity index is 0.00000312. The Hall–Kier alpha value is -1.80. The molecule has 0 bridgehead atoms. The minimum absolute atomic E-state index is 0. The van der Waals surface area contributed by atoms with E-state index in [4.69, 9.17) is 15.2 Å². The van der Waals surface area contributed by atoms with Crippen LogP contribution in [-0.4, -0.2) is 26.2 Å². The van der Waals surface area contributed by atoms with E-state index in [1.165, 1.54) is 5.56 Å². The van der Waals surface area contributed by atoms with Crippen LogP contribution >= 0.6 is 24.0 Å². The molecule has 5 nitrogen and oxygen atoms in total. The highest BCUT2D eigenvalue weighted by Gasteiger charge is 1.96. The number of hydrogen-bond donors (Lipinski definition) is 2. The third kappa shape index (κ3) is 8.74. The van der Waals surface area contributed by atoms with E-state index in [9.17, 15) is 0 Å². The fourth-order valence-electron chi connectivity index (χ4n) is 2.14. The van der Waals surface area contributed by atoms with Gasteiger partial charge in [0.25, 0.3) is 0 Å². The Morgan fingerprint density at radius 2 is 1.76 bits per heavy atom. The first-order valence-corrected chi connectivity index (χ1v) is 8.10. The van der Waals surface area contributed by atoms with Gasteiger partial charge in [-0.2, -0.15) is 0 Å². The van der Waals surface area contributed by atoms with E-state index < -0.39 is 0 Å². The first kappa shape index (κ1) is 21.2. The van der Waals surface area contributed by atoms with E-state index in [-0.39, 0.29) is 24.0 Å². The number of rotatable bonds is 9. The quantitative estimate of drug-likeness (QED) is 0.259. The molecular formula is C19H26IN3O2. The standard InChI is InChI=1S/C19H25N3O2.HI/c1-23-18-11-9-17(10-12-18)22-19(20)21-13-5-6-14-24-15-16-7-3-2-4-8-16;/h2-4,7-12H,5-6,13-15H2,1H3,(H3,20,21,22);1H. The number of hydrogen-bond acceptors (Lipinski definition) is 3. The zero-order chi connectivity index (χ0) is 17.0. The number of nitrogens with zero attached hydrogens (tertiary/aromatic N) is 1. The summed E-state index contributed by atoms with van der Waals surface area (Å²) < 4.78 is 10.7. The average molecular weight is 455 g/mol. The molecule has 0 aliphatic carbocycles. The van der Waals surface area contributed by atoms with Crippen LogP contribution in [0.1, 0.15) is 18.4 Å². The van der Waals surface area contributed by atoms with Crippen LogP contribution in [-0.2, 0) is 11.3 Å². The second-order valence-electron chi connectivity index (χ2n) is 5.37. The number of methoxy groups -OCH3 is 1. The third-order valence-electron chi connectivity index (χ3n) is 3.45. The van der Waals surface area contributed by atoms with Gasteiger partial charge < -0.3 is 20.5 Å². The van der Waals surface area contributed by atoms with Crippen molar-refractivity contribution < 1.29 is 9.47 Å². The van der Waals surface area contributed by atoms with Gasteiger partial charge in [0.05, 0.1) is 13.7 Å². The predicted molar refractivity (Wildman–Crippen MR) is 114 cm³/mol. The van der Waals surface area contributed by atoms with Gasteiger partial charge in [-0.1, -0.05) is 30.3 Å². The third-order valence-corrected chi connectivity index (χ3v) is 3.45. The molecule has 0 unspecified atom stereocenters. The number of nitrogens with one attached hydrogen (secondary N) is 1. The number of unbranched alkanes of at least 4 members (excludes halogenated alkanes) is 1. The first-order chi connectivity index (χ1) is 11.8. The van der Waals surface area contributed by atoms with Crippen molar-refractivity contribution in [3.05, 3.63) is 60.2 Å². The van der Waals surface area contributed by atoms with Crippen molar-refractivity contribution in [3.63, 3.8) is 0 Å². The maximum atomic E-state index is 5.87. The Labute approximate surface area is 166 Å². The largest absolute Gasteiger partial charge is 0.497 e. The summed E-state index contributed by atoms with van der Waals surface area (Å²) in [5.74, 6) is 1.23. The maximum Gasteiger partial charge on any atom is 0.193 e. The fraction of sp³-hybridized carbons (Fsp3) is 0.316. The summed E-state index contributed by atoms with van der Waals surface area (Å²) >= 11 is 0. The van der Waals surface area contributed by atoms with E-state index >= 15 is 0 Å². The smallest absolute Gasteiger partial charge is 0.193 e. The van der Waals surface area contributed by atoms with Crippen LogP contribution in [0.5, 0.6) is 5.75 Å². The average Bonchev–Trinajstić information content (AvgIpc) is 2.62. The molecule has 136 valence electrons. The minimum atomic E-state index is 0. The van der Waals surface area contributed by atoms with Crippen molar-refractivity contribution in [2.24, 2.45) is 10.7 Å². The number of nitrogens with two attached hydrogens (primary N) is 1. The topological polar surface area (TPSA) is 68.9 Å². The Bertz CT molecular complexity index is 618. The summed E-state index contributed by atoms with van der Waals surface area (Å²) in [5.41, 5.74) is 7.96. The van der Waals surface area contributed by atoms with Gasteiger partial charge in [-0.25, -0.2) is 0 Å². The lowest BCUT2D eigenvalue weighted by molar-refractivity contribution is 0.117. The van der Waals surface area contributed by atoms with E-state index in [1.54, 1.807) is 7.11 Å². The molecular weight excluding hydrogens is 429 g/mol. The van der Waals surface area contributed by atoms with Gasteiger partial charge >= 0.3 is 0 Å². The molecule has 0 saturated carbocycles. The monoisotopic (exact) mass is 455 g/mol. The molecule has 2 rings (SSSR count). The highest BCUT2D eigenvalue weighted by molar-refractivity contribution is 14.0. The second-order valence-corrected chi connectivity index (χ2v) is 5.37. The number of aliphatic imine (C=N–C) groups is 1. The molecule has 6 heteroatoms. The SMILES string of the molecule is COc1ccc(NC(N)=NCCCCOCc2ccccc2)cc1.I. The van der Waals surface area contributed by atoms with Crippen LogP contribution in [0.2, 0.25) is 0 Å². The molecule has 0 fully saturated rings. The van der Waals surface area contributed by atoms with Crippen LogP contribution in [0, 0.1) is 0 Å². The summed E-state index contributed by atoms with van der Waals surface area (Å²) in [7, 11) is 1.64. The van der Waals surface area contributed by atoms with E-state index in [1.807, 2.05) is 42.5 Å². The number of guanidine groups is 1. The van der Waals surface area contributed by atoms with Crippen molar-refractivity contribution in [1.82, 2.24) is 0 Å². The van der Waals surface area contributed by atoms with Crippen molar-refractivity contribution >= 4 is 35.6 Å². The van der Waals surface area contributed by atoms with Crippen molar-refractivity contribution in [1.29, 1.82) is 0 Å². The van der Waals surface area contributed by atoms with Gasteiger partial charge in [0.2, 0.25) is 0 Å². The van der Waals surface area contributed by atoms with Gasteiger partial charge in [-0.15, -0.1) is 24.0 Å². The zero-order valence-corrected chi connectivity index (χ0v) is 16.8. The van der Waals surface area contributed by atoms with Crippen molar-refractivity contribution in [2.45, 2.75) is 19.4 Å². The summed E-state index contributed by atoms with van der Waals surface area (Å²) in [6, 6.07) is 17.7. The summed E-state index contributed by atoms with van der Waals surface area (Å²) in [6.07, 6.45) is 1.91. The molecule has 0 aliphatic heterocycles. The van der Waals surface area contributed by atoms with Gasteiger partial charge in [0.15, 0.2) is 5.96 Å². The summed E-state index contributed by atoms with van der Waals surface area (Å²) in [4.78, 5) is 4.31. The van der Waals surface area contributed by atoms with Crippen molar-refractivity contribution in [2.75, 3.05) is 25.6 Å². The van der Waals surface area contributed by atoms with E-state index in [2.05, 4.69) is 22.4 Å². The zero-order valence-electron chi connectivity index (χ0n) is 14.5. The van der Waals surface area contributed by atoms with Crippen LogP contribution in [0.4, 0.5) is 5.69 Å². The lowest BCUT2D eigenvalue weighted by Gasteiger charge is -2.07. The number of anilines is 1. The van der Waals surface area contributed by atoms with Crippen LogP contribution in [0.3, 0.4) is 0 Å². The molecule has 0 aromatic heterocycles. The molecule has 0 amide bonds. The van der Waals surface area contributed by atoms with Crippen LogP contribution in [0.15, 0.2) is 59.6 Å². The van der Waals surface area contributed by atoms with Gasteiger partial charge in [0, 0.05) is 18.8 Å². The Kier molecular flexibility index (Phi) is 10.7. The molecule has 25 heavy (non-hydrogen) atoms. The molecule has 0 heterocycles. The molecule has 0 spiro atoms. The molecule has 0 radical (unpaired) electrons. The van der Waals surface area contributed by atoms with Crippen LogP contribution in [0.25, 0.3) is 0 Å². The molecule has 0 saturated heterocycles. The summed E-state index contributed by atoms with van der Waals surface area (Å²) in [6.45, 7) is 2.07. The second kappa shape index (κ2) is 12.5. The number of benzene rings is 2. The molecule has 0 aliphatic rings. The Morgan fingerprint density at radius 1 is 1.04 bits per heavy atom. The van der Waals surface area contributed by atoms with Gasteiger partial charge in [-0.05, 0) is 42.7 Å².